The number of para-hydroxylation sites is 1. The summed E-state index contributed by atoms with van der Waals surface area (Å²) in [5, 5.41) is 11.0. The molecular formula is C16H25NO8P2. The van der Waals surface area contributed by atoms with Gasteiger partial charge in [-0.2, -0.15) is 0 Å². The van der Waals surface area contributed by atoms with Crippen LogP contribution in [0, 0.1) is 10.1 Å². The summed E-state index contributed by atoms with van der Waals surface area (Å²) in [6.07, 6.45) is 1.15. The Hall–Kier alpha value is -1.34. The minimum absolute atomic E-state index is 0.00372. The molecule has 1 aromatic carbocycles. The smallest absolute Gasteiger partial charge is 0.305 e. The Bertz CT molecular complexity index is 713. The summed E-state index contributed by atoms with van der Waals surface area (Å²) in [7, 11) is -8.20. The standard InChI is InChI=1S/C16H25NO8P2/c1-5-22-26(20,23-6-2)16(27(21,24-7-3)25-8-4)13-14-11-9-10-12-15(14)17(18)19/h9-13H,5-8H2,1-4H3. The molecule has 0 aliphatic carbocycles. The highest BCUT2D eigenvalue weighted by Gasteiger charge is 2.45. The normalized spacial score (nSPS) is 12.0. The lowest BCUT2D eigenvalue weighted by Gasteiger charge is -2.25. The third-order valence-corrected chi connectivity index (χ3v) is 8.42. The fraction of sp³-hybridized carbons (Fsp3) is 0.500. The molecular weight excluding hydrogens is 396 g/mol. The van der Waals surface area contributed by atoms with Crippen molar-refractivity contribution in [3.05, 3.63) is 45.0 Å². The van der Waals surface area contributed by atoms with Crippen molar-refractivity contribution >= 4 is 27.0 Å². The largest absolute Gasteiger partial charge is 0.369 e. The number of hydrogen-bond donors (Lipinski definition) is 0. The number of nitro groups is 1. The molecule has 0 amide bonds. The molecule has 0 spiro atoms. The third-order valence-electron chi connectivity index (χ3n) is 3.18. The molecule has 9 nitrogen and oxygen atoms in total. The molecule has 0 aromatic heterocycles. The SMILES string of the molecule is CCOP(=O)(OCC)C(=Cc1ccccc1[N+](=O)[O-])P(=O)(OCC)OCC. The summed E-state index contributed by atoms with van der Waals surface area (Å²) in [5.41, 5.74) is -0.175. The van der Waals surface area contributed by atoms with E-state index in [1.165, 1.54) is 18.2 Å². The van der Waals surface area contributed by atoms with Crippen LogP contribution in [-0.2, 0) is 27.2 Å². The average molecular weight is 421 g/mol. The first-order chi connectivity index (χ1) is 12.8. The number of nitro benzene ring substituents is 1. The van der Waals surface area contributed by atoms with Gasteiger partial charge in [0.1, 0.15) is 0 Å². The molecule has 0 unspecified atom stereocenters. The van der Waals surface area contributed by atoms with Gasteiger partial charge in [-0.25, -0.2) is 0 Å². The first-order valence-electron chi connectivity index (χ1n) is 8.52. The van der Waals surface area contributed by atoms with Crippen LogP contribution in [0.5, 0.6) is 0 Å². The highest BCUT2D eigenvalue weighted by atomic mass is 31.2. The molecule has 27 heavy (non-hydrogen) atoms. The summed E-state index contributed by atoms with van der Waals surface area (Å²) < 4.78 is 48.0. The maximum atomic E-state index is 13.4. The Labute approximate surface area is 158 Å². The molecule has 0 heterocycles. The van der Waals surface area contributed by atoms with Gasteiger partial charge in [0.15, 0.2) is 5.06 Å². The Morgan fingerprint density at radius 2 is 1.33 bits per heavy atom. The van der Waals surface area contributed by atoms with E-state index in [0.717, 1.165) is 6.08 Å². The fourth-order valence-electron chi connectivity index (χ4n) is 2.24. The van der Waals surface area contributed by atoms with Gasteiger partial charge in [-0.15, -0.1) is 0 Å². The second-order valence-electron chi connectivity index (χ2n) is 4.98. The zero-order chi connectivity index (χ0) is 20.5. The molecule has 0 bridgehead atoms. The Balaban J connectivity index is 3.76. The molecule has 0 radical (unpaired) electrons. The Morgan fingerprint density at radius 1 is 0.926 bits per heavy atom. The van der Waals surface area contributed by atoms with Crippen LogP contribution >= 0.6 is 15.2 Å². The van der Waals surface area contributed by atoms with Gasteiger partial charge in [0.05, 0.1) is 36.9 Å². The Kier molecular flexibility index (Phi) is 9.53. The lowest BCUT2D eigenvalue weighted by molar-refractivity contribution is -0.385. The summed E-state index contributed by atoms with van der Waals surface area (Å²) >= 11 is 0. The second-order valence-corrected chi connectivity index (χ2v) is 9.32. The van der Waals surface area contributed by atoms with E-state index < -0.39 is 20.1 Å². The summed E-state index contributed by atoms with van der Waals surface area (Å²) in [5.74, 6) is 0. The zero-order valence-electron chi connectivity index (χ0n) is 15.8. The van der Waals surface area contributed by atoms with Crippen LogP contribution in [0.1, 0.15) is 33.3 Å². The van der Waals surface area contributed by atoms with Crippen molar-refractivity contribution in [2.75, 3.05) is 26.4 Å². The van der Waals surface area contributed by atoms with E-state index >= 15 is 0 Å². The minimum Gasteiger partial charge on any atom is -0.305 e. The number of nitrogens with zero attached hydrogens (tertiary/aromatic N) is 1. The molecule has 1 aromatic rings. The first-order valence-corrected chi connectivity index (χ1v) is 11.6. The maximum absolute atomic E-state index is 13.4. The monoisotopic (exact) mass is 421 g/mol. The van der Waals surface area contributed by atoms with Gasteiger partial charge in [-0.1, -0.05) is 12.1 Å². The number of rotatable bonds is 12. The van der Waals surface area contributed by atoms with Crippen LogP contribution in [-0.4, -0.2) is 31.4 Å². The van der Waals surface area contributed by atoms with E-state index in [1.54, 1.807) is 33.8 Å². The molecule has 152 valence electrons. The molecule has 0 N–H and O–H groups in total. The summed E-state index contributed by atoms with van der Waals surface area (Å²) in [6, 6.07) is 5.77. The topological polar surface area (TPSA) is 114 Å². The number of benzene rings is 1. The minimum atomic E-state index is -4.10. The molecule has 0 fully saturated rings. The van der Waals surface area contributed by atoms with Gasteiger partial charge in [-0.05, 0) is 39.8 Å². The van der Waals surface area contributed by atoms with Crippen LogP contribution < -0.4 is 0 Å². The molecule has 0 atom stereocenters. The van der Waals surface area contributed by atoms with E-state index in [1.807, 2.05) is 0 Å². The predicted octanol–water partition coefficient (Wildman–Crippen LogP) is 5.43. The quantitative estimate of drug-likeness (QED) is 0.249. The van der Waals surface area contributed by atoms with Gasteiger partial charge in [0.25, 0.3) is 5.69 Å². The van der Waals surface area contributed by atoms with Crippen molar-refractivity contribution in [2.24, 2.45) is 0 Å². The van der Waals surface area contributed by atoms with Gasteiger partial charge in [0.2, 0.25) is 0 Å². The van der Waals surface area contributed by atoms with E-state index in [4.69, 9.17) is 18.1 Å². The van der Waals surface area contributed by atoms with E-state index in [-0.39, 0.29) is 42.7 Å². The molecule has 1 rings (SSSR count). The average Bonchev–Trinajstić information content (AvgIpc) is 2.60. The van der Waals surface area contributed by atoms with E-state index in [0.29, 0.717) is 0 Å². The molecule has 11 heteroatoms. The zero-order valence-corrected chi connectivity index (χ0v) is 17.6. The second kappa shape index (κ2) is 10.9. The van der Waals surface area contributed by atoms with Crippen molar-refractivity contribution < 1.29 is 32.1 Å². The van der Waals surface area contributed by atoms with Crippen molar-refractivity contribution in [1.29, 1.82) is 0 Å². The van der Waals surface area contributed by atoms with Crippen molar-refractivity contribution in [2.45, 2.75) is 27.7 Å². The van der Waals surface area contributed by atoms with Crippen LogP contribution in [0.15, 0.2) is 29.3 Å². The highest BCUT2D eigenvalue weighted by Crippen LogP contribution is 2.74. The van der Waals surface area contributed by atoms with Gasteiger partial charge in [-0.3, -0.25) is 19.2 Å². The van der Waals surface area contributed by atoms with Crippen LogP contribution in [0.4, 0.5) is 5.69 Å². The lowest BCUT2D eigenvalue weighted by atomic mass is 10.2. The third kappa shape index (κ3) is 6.07. The van der Waals surface area contributed by atoms with Gasteiger partial charge < -0.3 is 18.1 Å². The van der Waals surface area contributed by atoms with Crippen molar-refractivity contribution in [3.63, 3.8) is 0 Å². The first kappa shape index (κ1) is 23.7. The van der Waals surface area contributed by atoms with Crippen LogP contribution in [0.25, 0.3) is 6.08 Å². The van der Waals surface area contributed by atoms with E-state index in [2.05, 4.69) is 0 Å². The molecule has 0 saturated heterocycles. The predicted molar refractivity (Wildman–Crippen MR) is 103 cm³/mol. The fourth-order valence-corrected chi connectivity index (χ4v) is 6.77. The van der Waals surface area contributed by atoms with E-state index in [9.17, 15) is 19.2 Å². The highest BCUT2D eigenvalue weighted by molar-refractivity contribution is 7.79. The van der Waals surface area contributed by atoms with Gasteiger partial charge >= 0.3 is 15.2 Å². The van der Waals surface area contributed by atoms with Crippen LogP contribution in [0.2, 0.25) is 0 Å². The summed E-state index contributed by atoms with van der Waals surface area (Å²) in [4.78, 5) is 10.7. The maximum Gasteiger partial charge on any atom is 0.369 e. The molecule has 0 aliphatic rings. The van der Waals surface area contributed by atoms with Crippen LogP contribution in [0.3, 0.4) is 0 Å². The molecule has 0 saturated carbocycles. The lowest BCUT2D eigenvalue weighted by Crippen LogP contribution is -2.05. The Morgan fingerprint density at radius 3 is 1.70 bits per heavy atom. The van der Waals surface area contributed by atoms with Crippen molar-refractivity contribution in [3.8, 4) is 0 Å². The molecule has 0 aliphatic heterocycles. The number of hydrogen-bond acceptors (Lipinski definition) is 8. The van der Waals surface area contributed by atoms with Gasteiger partial charge in [0, 0.05) is 6.07 Å². The summed E-state index contributed by atoms with van der Waals surface area (Å²) in [6.45, 7) is 6.41. The van der Waals surface area contributed by atoms with Crippen molar-refractivity contribution in [1.82, 2.24) is 0 Å².